The summed E-state index contributed by atoms with van der Waals surface area (Å²) in [7, 11) is -0.615. The number of hydrogen-bond donors (Lipinski definition) is 2. The van der Waals surface area contributed by atoms with Crippen LogP contribution in [0.15, 0.2) is 40.9 Å². The summed E-state index contributed by atoms with van der Waals surface area (Å²) in [6.45, 7) is 16.4. The first-order chi connectivity index (χ1) is 15.9. The van der Waals surface area contributed by atoms with E-state index in [1.165, 1.54) is 36.4 Å². The topological polar surface area (TPSA) is 89.0 Å². The first-order valence-corrected chi connectivity index (χ1v) is 12.1. The van der Waals surface area contributed by atoms with E-state index in [1.54, 1.807) is 0 Å². The maximum absolute atomic E-state index is 13.2. The smallest absolute Gasteiger partial charge is 0.399 e. The predicted octanol–water partition coefficient (Wildman–Crippen LogP) is 5.43. The van der Waals surface area contributed by atoms with E-state index < -0.39 is 18.3 Å². The van der Waals surface area contributed by atoms with Crippen molar-refractivity contribution in [3.8, 4) is 0 Å². The first kappa shape index (κ1) is 29.5. The molecule has 0 amide bonds. The van der Waals surface area contributed by atoms with Gasteiger partial charge in [-0.15, -0.1) is 0 Å². The number of nitrogen functional groups attached to an aromatic ring is 2. The Balaban J connectivity index is 0.000000203. The minimum Gasteiger partial charge on any atom is -0.399 e. The summed E-state index contributed by atoms with van der Waals surface area (Å²) in [4.78, 5) is 0. The molecule has 2 aliphatic rings. The van der Waals surface area contributed by atoms with Crippen LogP contribution in [0.2, 0.25) is 0 Å². The van der Waals surface area contributed by atoms with Gasteiger partial charge in [0.15, 0.2) is 0 Å². The highest BCUT2D eigenvalue weighted by Gasteiger charge is 2.52. The number of anilines is 2. The van der Waals surface area contributed by atoms with Crippen molar-refractivity contribution in [2.45, 2.75) is 77.8 Å². The fraction of sp³-hybridized carbons (Fsp3) is 0.520. The van der Waals surface area contributed by atoms with Crippen LogP contribution in [0.1, 0.15) is 55.4 Å². The second-order valence-electron chi connectivity index (χ2n) is 10.5. The SMILES string of the molecule is CC1(C)OB(c2cc(F)ccc2N)OC1(C)C.CC1(C)OCOC1(C)C.Nc1ccc(F)cc1Br. The molecular formula is C25H36BBrF2N2O4. The average molecular weight is 557 g/mol. The van der Waals surface area contributed by atoms with E-state index in [1.807, 2.05) is 55.4 Å². The number of hydrogen-bond acceptors (Lipinski definition) is 6. The van der Waals surface area contributed by atoms with E-state index in [2.05, 4.69) is 15.9 Å². The molecule has 0 spiro atoms. The van der Waals surface area contributed by atoms with Crippen LogP contribution < -0.4 is 16.9 Å². The third-order valence-electron chi connectivity index (χ3n) is 6.81. The van der Waals surface area contributed by atoms with Crippen molar-refractivity contribution in [3.05, 3.63) is 52.5 Å². The highest BCUT2D eigenvalue weighted by Crippen LogP contribution is 2.37. The molecule has 10 heteroatoms. The average Bonchev–Trinajstić information content (AvgIpc) is 3.10. The van der Waals surface area contributed by atoms with E-state index in [-0.39, 0.29) is 22.8 Å². The molecule has 0 aliphatic carbocycles. The van der Waals surface area contributed by atoms with Gasteiger partial charge in [0.1, 0.15) is 18.4 Å². The Bertz CT molecular complexity index is 1000. The lowest BCUT2D eigenvalue weighted by molar-refractivity contribution is 0.00578. The Morgan fingerprint density at radius 2 is 1.14 bits per heavy atom. The van der Waals surface area contributed by atoms with Gasteiger partial charge in [0.2, 0.25) is 0 Å². The summed E-state index contributed by atoms with van der Waals surface area (Å²) in [5, 5.41) is 0. The lowest BCUT2D eigenvalue weighted by atomic mass is 9.78. The zero-order valence-electron chi connectivity index (χ0n) is 21.7. The fourth-order valence-electron chi connectivity index (χ4n) is 2.89. The lowest BCUT2D eigenvalue weighted by Gasteiger charge is -2.32. The van der Waals surface area contributed by atoms with Gasteiger partial charge in [0.25, 0.3) is 0 Å². The van der Waals surface area contributed by atoms with Crippen molar-refractivity contribution in [3.63, 3.8) is 0 Å². The van der Waals surface area contributed by atoms with E-state index in [4.69, 9.17) is 30.2 Å². The number of halogens is 3. The molecule has 0 aromatic heterocycles. The van der Waals surface area contributed by atoms with Gasteiger partial charge >= 0.3 is 7.12 Å². The van der Waals surface area contributed by atoms with Crippen LogP contribution in [0.4, 0.5) is 20.2 Å². The maximum atomic E-state index is 13.2. The highest BCUT2D eigenvalue weighted by atomic mass is 79.9. The molecule has 0 radical (unpaired) electrons. The minimum absolute atomic E-state index is 0.132. The van der Waals surface area contributed by atoms with E-state index in [0.717, 1.165) is 0 Å². The molecule has 2 saturated heterocycles. The van der Waals surface area contributed by atoms with Gasteiger partial charge in [-0.2, -0.15) is 0 Å². The van der Waals surface area contributed by atoms with Crippen molar-refractivity contribution in [1.82, 2.24) is 0 Å². The highest BCUT2D eigenvalue weighted by molar-refractivity contribution is 9.10. The zero-order valence-corrected chi connectivity index (χ0v) is 23.3. The number of nitrogens with two attached hydrogens (primary N) is 2. The molecule has 2 heterocycles. The van der Waals surface area contributed by atoms with E-state index in [9.17, 15) is 8.78 Å². The Morgan fingerprint density at radius 3 is 1.51 bits per heavy atom. The summed E-state index contributed by atoms with van der Waals surface area (Å²) in [6, 6.07) is 8.37. The van der Waals surface area contributed by atoms with Crippen LogP contribution in [-0.4, -0.2) is 36.3 Å². The Labute approximate surface area is 215 Å². The van der Waals surface area contributed by atoms with Crippen LogP contribution in [0.3, 0.4) is 0 Å². The van der Waals surface area contributed by atoms with Crippen molar-refractivity contribution in [2.75, 3.05) is 18.3 Å². The Kier molecular flexibility index (Phi) is 9.04. The quantitative estimate of drug-likeness (QED) is 0.360. The van der Waals surface area contributed by atoms with Gasteiger partial charge in [-0.3, -0.25) is 0 Å². The largest absolute Gasteiger partial charge is 0.497 e. The number of ether oxygens (including phenoxy) is 2. The summed E-state index contributed by atoms with van der Waals surface area (Å²) in [5.74, 6) is -0.625. The molecule has 2 fully saturated rings. The fourth-order valence-corrected chi connectivity index (χ4v) is 3.24. The lowest BCUT2D eigenvalue weighted by Crippen LogP contribution is -2.41. The zero-order chi connectivity index (χ0) is 26.8. The molecule has 35 heavy (non-hydrogen) atoms. The van der Waals surface area contributed by atoms with E-state index in [0.29, 0.717) is 28.1 Å². The molecule has 6 nitrogen and oxygen atoms in total. The monoisotopic (exact) mass is 556 g/mol. The predicted molar refractivity (Wildman–Crippen MR) is 140 cm³/mol. The van der Waals surface area contributed by atoms with Crippen molar-refractivity contribution < 1.29 is 27.6 Å². The van der Waals surface area contributed by atoms with Crippen LogP contribution in [-0.2, 0) is 18.8 Å². The van der Waals surface area contributed by atoms with Crippen molar-refractivity contribution in [2.24, 2.45) is 0 Å². The molecule has 2 aromatic carbocycles. The second-order valence-corrected chi connectivity index (χ2v) is 11.3. The van der Waals surface area contributed by atoms with Gasteiger partial charge < -0.3 is 30.2 Å². The normalized spacial score (nSPS) is 20.9. The molecular weight excluding hydrogens is 521 g/mol. The molecule has 4 N–H and O–H groups in total. The third-order valence-corrected chi connectivity index (χ3v) is 7.49. The standard InChI is InChI=1S/C12H17BFNO2.C7H14O2.C6H5BrFN/c1-11(2)12(3,4)17-13(16-11)9-7-8(14)5-6-10(9)15;1-6(2)7(3,4)9-5-8-6;7-5-3-4(8)1-2-6(5)9/h5-7H,15H2,1-4H3;5H2,1-4H3;1-3H,9H2. The molecule has 0 atom stereocenters. The second kappa shape index (κ2) is 10.7. The van der Waals surface area contributed by atoms with Crippen LogP contribution >= 0.6 is 15.9 Å². The van der Waals surface area contributed by atoms with Gasteiger partial charge in [0, 0.05) is 21.3 Å². The molecule has 0 unspecified atom stereocenters. The number of benzene rings is 2. The molecule has 194 valence electrons. The summed E-state index contributed by atoms with van der Waals surface area (Å²) < 4.78 is 48.4. The molecule has 0 saturated carbocycles. The van der Waals surface area contributed by atoms with E-state index >= 15 is 0 Å². The van der Waals surface area contributed by atoms with Crippen LogP contribution in [0.5, 0.6) is 0 Å². The third kappa shape index (κ3) is 7.17. The molecule has 2 aliphatic heterocycles. The Hall–Kier alpha value is -1.72. The van der Waals surface area contributed by atoms with Crippen molar-refractivity contribution >= 4 is 39.9 Å². The Morgan fingerprint density at radius 1 is 0.714 bits per heavy atom. The van der Waals surface area contributed by atoms with Crippen LogP contribution in [0, 0.1) is 11.6 Å². The van der Waals surface area contributed by atoms with Gasteiger partial charge in [0.05, 0.1) is 22.4 Å². The molecule has 2 aromatic rings. The molecule has 0 bridgehead atoms. The van der Waals surface area contributed by atoms with Gasteiger partial charge in [-0.1, -0.05) is 0 Å². The number of rotatable bonds is 1. The summed E-state index contributed by atoms with van der Waals surface area (Å²) >= 11 is 3.08. The van der Waals surface area contributed by atoms with Gasteiger partial charge in [-0.05, 0) is 108 Å². The minimum atomic E-state index is -0.615. The molecule has 4 rings (SSSR count). The van der Waals surface area contributed by atoms with Gasteiger partial charge in [-0.25, -0.2) is 8.78 Å². The summed E-state index contributed by atoms with van der Waals surface area (Å²) in [6.07, 6.45) is 0. The van der Waals surface area contributed by atoms with Crippen molar-refractivity contribution in [1.29, 1.82) is 0 Å². The van der Waals surface area contributed by atoms with Crippen LogP contribution in [0.25, 0.3) is 0 Å². The maximum Gasteiger partial charge on any atom is 0.497 e. The first-order valence-electron chi connectivity index (χ1n) is 11.3. The summed E-state index contributed by atoms with van der Waals surface area (Å²) in [5.41, 5.74) is 11.6.